The number of anilines is 1. The summed E-state index contributed by atoms with van der Waals surface area (Å²) in [6.07, 6.45) is 11.5. The molecule has 1 aliphatic carbocycles. The number of hydrogen-bond donors (Lipinski definition) is 0. The van der Waals surface area contributed by atoms with Crippen molar-refractivity contribution in [2.75, 3.05) is 23.9 Å². The summed E-state index contributed by atoms with van der Waals surface area (Å²) in [5.41, 5.74) is 6.97. The fraction of sp³-hybridized carbons (Fsp3) is 0.429. The third kappa shape index (κ3) is 4.92. The molecule has 0 amide bonds. The smallest absolute Gasteiger partial charge is 0.152 e. The second-order valence-electron chi connectivity index (χ2n) is 8.89. The Bertz CT molecular complexity index is 1030. The molecule has 4 rings (SSSR count). The highest BCUT2D eigenvalue weighted by Crippen LogP contribution is 2.41. The number of benzene rings is 2. The molecule has 1 heterocycles. The van der Waals surface area contributed by atoms with Crippen molar-refractivity contribution in [3.05, 3.63) is 87.9 Å². The lowest BCUT2D eigenvalue weighted by atomic mass is 9.93. The highest BCUT2D eigenvalue weighted by molar-refractivity contribution is 7.90. The van der Waals surface area contributed by atoms with Crippen LogP contribution in [0.15, 0.2) is 65.6 Å². The van der Waals surface area contributed by atoms with Gasteiger partial charge in [-0.1, -0.05) is 49.4 Å². The average molecular weight is 449 g/mol. The maximum atomic E-state index is 13.6. The first kappa shape index (κ1) is 23.0. The van der Waals surface area contributed by atoms with Crippen molar-refractivity contribution in [1.82, 2.24) is 4.90 Å². The number of nitrogens with zero attached hydrogens (tertiary/aromatic N) is 2. The van der Waals surface area contributed by atoms with Crippen LogP contribution in [0.2, 0.25) is 0 Å². The Balaban J connectivity index is 1.49. The van der Waals surface area contributed by atoms with Gasteiger partial charge in [0.05, 0.1) is 4.91 Å². The van der Waals surface area contributed by atoms with E-state index in [9.17, 15) is 4.21 Å². The van der Waals surface area contributed by atoms with E-state index in [-0.39, 0.29) is 0 Å². The molecule has 0 radical (unpaired) electrons. The van der Waals surface area contributed by atoms with E-state index in [1.165, 1.54) is 18.4 Å². The van der Waals surface area contributed by atoms with E-state index in [2.05, 4.69) is 71.6 Å². The molecular formula is C28H36N2OS. The molecule has 4 heteroatoms. The lowest BCUT2D eigenvalue weighted by molar-refractivity contribution is 0.185. The first-order valence-electron chi connectivity index (χ1n) is 12.1. The molecule has 2 aromatic rings. The van der Waals surface area contributed by atoms with Crippen LogP contribution in [-0.2, 0) is 23.8 Å². The minimum atomic E-state index is -1.21. The van der Waals surface area contributed by atoms with Gasteiger partial charge in [0.15, 0.2) is 11.0 Å². The van der Waals surface area contributed by atoms with Crippen molar-refractivity contribution in [2.45, 2.75) is 58.9 Å². The summed E-state index contributed by atoms with van der Waals surface area (Å²) < 4.78 is 15.7. The lowest BCUT2D eigenvalue weighted by Crippen LogP contribution is -2.37. The molecule has 0 saturated carbocycles. The highest BCUT2D eigenvalue weighted by Gasteiger charge is 2.33. The molecule has 2 aliphatic rings. The quantitative estimate of drug-likeness (QED) is 0.422. The first-order valence-corrected chi connectivity index (χ1v) is 13.2. The summed E-state index contributed by atoms with van der Waals surface area (Å²) in [5, 5.41) is 0. The van der Waals surface area contributed by atoms with E-state index < -0.39 is 11.0 Å². The molecule has 0 aromatic heterocycles. The SMILES string of the molecule is C/C=C\C(=C/CC)S(=O)N(CCCN1CCc2cccc3c2C1CC3)c1cccc(C)c1. The first-order chi connectivity index (χ1) is 15.6. The van der Waals surface area contributed by atoms with Gasteiger partial charge in [-0.3, -0.25) is 9.21 Å². The van der Waals surface area contributed by atoms with Gasteiger partial charge in [0.25, 0.3) is 0 Å². The van der Waals surface area contributed by atoms with Gasteiger partial charge >= 0.3 is 0 Å². The van der Waals surface area contributed by atoms with Crippen LogP contribution in [-0.4, -0.2) is 28.7 Å². The number of rotatable bonds is 9. The minimum absolute atomic E-state index is 0.575. The molecule has 32 heavy (non-hydrogen) atoms. The van der Waals surface area contributed by atoms with Crippen LogP contribution >= 0.6 is 0 Å². The van der Waals surface area contributed by atoms with Gasteiger partial charge in [-0.25, -0.2) is 4.21 Å². The third-order valence-electron chi connectivity index (χ3n) is 6.65. The van der Waals surface area contributed by atoms with Gasteiger partial charge < -0.3 is 0 Å². The zero-order valence-corrected chi connectivity index (χ0v) is 20.5. The summed E-state index contributed by atoms with van der Waals surface area (Å²) in [7, 11) is -1.21. The molecule has 0 spiro atoms. The Labute approximate surface area is 196 Å². The number of allylic oxidation sites excluding steroid dienone is 3. The fourth-order valence-electron chi connectivity index (χ4n) is 5.22. The molecule has 2 atom stereocenters. The Morgan fingerprint density at radius 3 is 2.72 bits per heavy atom. The standard InChI is InChI=1S/C28H36N2OS/c1-4-9-26(10-5-2)32(31)30(25-14-6-11-22(3)21-25)19-8-18-29-20-17-24-13-7-12-23-15-16-27(29)28(23)24/h4,6-7,9-14,21,27H,5,8,15-20H2,1-3H3/b9-4-,26-10+. The third-order valence-corrected chi connectivity index (χ3v) is 8.15. The van der Waals surface area contributed by atoms with Crippen molar-refractivity contribution in [2.24, 2.45) is 0 Å². The Morgan fingerprint density at radius 2 is 1.97 bits per heavy atom. The van der Waals surface area contributed by atoms with Gasteiger partial charge in [0.2, 0.25) is 0 Å². The van der Waals surface area contributed by atoms with E-state index in [0.717, 1.165) is 49.5 Å². The van der Waals surface area contributed by atoms with Crippen LogP contribution < -0.4 is 4.31 Å². The normalized spacial score (nSPS) is 19.3. The largest absolute Gasteiger partial charge is 0.296 e. The molecule has 0 fully saturated rings. The number of aryl methyl sites for hydroxylation is 2. The summed E-state index contributed by atoms with van der Waals surface area (Å²) in [4.78, 5) is 3.56. The fourth-order valence-corrected chi connectivity index (χ4v) is 6.63. The van der Waals surface area contributed by atoms with Crippen molar-refractivity contribution in [3.8, 4) is 0 Å². The van der Waals surface area contributed by atoms with E-state index in [1.54, 1.807) is 16.7 Å². The van der Waals surface area contributed by atoms with Crippen LogP contribution in [0.1, 0.15) is 61.4 Å². The van der Waals surface area contributed by atoms with Gasteiger partial charge in [0, 0.05) is 31.4 Å². The molecule has 0 saturated heterocycles. The minimum Gasteiger partial charge on any atom is -0.296 e. The van der Waals surface area contributed by atoms with Crippen LogP contribution in [0.5, 0.6) is 0 Å². The summed E-state index contributed by atoms with van der Waals surface area (Å²) in [5.74, 6) is 0. The molecule has 2 aromatic carbocycles. The predicted molar refractivity (Wildman–Crippen MR) is 137 cm³/mol. The van der Waals surface area contributed by atoms with E-state index in [0.29, 0.717) is 6.04 Å². The Morgan fingerprint density at radius 1 is 1.19 bits per heavy atom. The van der Waals surface area contributed by atoms with Crippen molar-refractivity contribution in [3.63, 3.8) is 0 Å². The van der Waals surface area contributed by atoms with Crippen LogP contribution in [0.3, 0.4) is 0 Å². The summed E-state index contributed by atoms with van der Waals surface area (Å²) >= 11 is 0. The topological polar surface area (TPSA) is 23.6 Å². The van der Waals surface area contributed by atoms with Gasteiger partial charge in [-0.2, -0.15) is 0 Å². The van der Waals surface area contributed by atoms with Crippen molar-refractivity contribution in [1.29, 1.82) is 0 Å². The van der Waals surface area contributed by atoms with E-state index in [4.69, 9.17) is 0 Å². The monoisotopic (exact) mass is 448 g/mol. The van der Waals surface area contributed by atoms with E-state index >= 15 is 0 Å². The van der Waals surface area contributed by atoms with Gasteiger partial charge in [-0.05, 0) is 86.4 Å². The zero-order chi connectivity index (χ0) is 22.5. The van der Waals surface area contributed by atoms with Gasteiger partial charge in [0.1, 0.15) is 0 Å². The van der Waals surface area contributed by atoms with Crippen LogP contribution in [0.25, 0.3) is 0 Å². The second-order valence-corrected chi connectivity index (χ2v) is 10.3. The van der Waals surface area contributed by atoms with Crippen LogP contribution in [0.4, 0.5) is 5.69 Å². The van der Waals surface area contributed by atoms with Crippen molar-refractivity contribution >= 4 is 16.7 Å². The summed E-state index contributed by atoms with van der Waals surface area (Å²) in [6, 6.07) is 15.8. The highest BCUT2D eigenvalue weighted by atomic mass is 32.2. The maximum absolute atomic E-state index is 13.6. The van der Waals surface area contributed by atoms with Crippen LogP contribution in [0, 0.1) is 6.92 Å². The molecule has 0 bridgehead atoms. The predicted octanol–water partition coefficient (Wildman–Crippen LogP) is 6.27. The molecular weight excluding hydrogens is 412 g/mol. The molecule has 1 aliphatic heterocycles. The van der Waals surface area contributed by atoms with Crippen molar-refractivity contribution < 1.29 is 4.21 Å². The summed E-state index contributed by atoms with van der Waals surface area (Å²) in [6.45, 7) is 9.15. The average Bonchev–Trinajstić information content (AvgIpc) is 3.23. The Hall–Kier alpha value is -2.17. The number of hydrogen-bond acceptors (Lipinski definition) is 2. The Kier molecular flexibility index (Phi) is 7.64. The molecule has 170 valence electrons. The van der Waals surface area contributed by atoms with Gasteiger partial charge in [-0.15, -0.1) is 0 Å². The molecule has 0 N–H and O–H groups in total. The second kappa shape index (κ2) is 10.6. The van der Waals surface area contributed by atoms with E-state index in [1.807, 2.05) is 19.1 Å². The maximum Gasteiger partial charge on any atom is 0.152 e. The zero-order valence-electron chi connectivity index (χ0n) is 19.7. The molecule has 3 nitrogen and oxygen atoms in total. The molecule has 2 unspecified atom stereocenters. The lowest BCUT2D eigenvalue weighted by Gasteiger charge is -2.35.